The number of aliphatic hydroxyl groups is 1. The van der Waals surface area contributed by atoms with Gasteiger partial charge in [0, 0.05) is 56.1 Å². The van der Waals surface area contributed by atoms with Gasteiger partial charge >= 0.3 is 5.97 Å². The number of likely N-dealkylation sites (N-methyl/N-ethyl adjacent to an activating group) is 1. The van der Waals surface area contributed by atoms with E-state index in [0.717, 1.165) is 37.4 Å². The number of piperazine rings is 1. The highest BCUT2D eigenvalue weighted by Gasteiger charge is 2.19. The molecule has 0 bridgehead atoms. The highest BCUT2D eigenvalue weighted by atomic mass is 19.1. The van der Waals surface area contributed by atoms with Crippen molar-refractivity contribution in [2.75, 3.05) is 38.1 Å². The van der Waals surface area contributed by atoms with E-state index in [-0.39, 0.29) is 17.9 Å². The van der Waals surface area contributed by atoms with Crippen LogP contribution in [0.2, 0.25) is 0 Å². The smallest absolute Gasteiger partial charge is 0.376 e. The molecule has 176 valence electrons. The number of carboxylic acid groups (broad SMARTS) is 1. The van der Waals surface area contributed by atoms with E-state index in [1.807, 2.05) is 12.1 Å². The Bertz CT molecular complexity index is 1340. The molecular weight excluding hydrogens is 441 g/mol. The topological polar surface area (TPSA) is 103 Å². The third-order valence-electron chi connectivity index (χ3n) is 5.95. The fourth-order valence-corrected chi connectivity index (χ4v) is 4.00. The van der Waals surface area contributed by atoms with Gasteiger partial charge in [-0.15, -0.1) is 0 Å². The fraction of sp³-hybridized carbons (Fsp3) is 0.240. The van der Waals surface area contributed by atoms with Crippen LogP contribution in [0.1, 0.15) is 11.1 Å². The van der Waals surface area contributed by atoms with Gasteiger partial charge in [0.2, 0.25) is 0 Å². The predicted molar refractivity (Wildman–Crippen MR) is 127 cm³/mol. The first-order chi connectivity index (χ1) is 16.2. The van der Waals surface area contributed by atoms with E-state index in [1.165, 1.54) is 18.3 Å². The highest BCUT2D eigenvalue weighted by molar-refractivity contribution is 6.38. The Kier molecular flexibility index (Phi) is 6.47. The summed E-state index contributed by atoms with van der Waals surface area (Å²) < 4.78 is 15.1. The number of halogens is 1. The molecule has 4 rings (SSSR count). The number of benzene rings is 2. The monoisotopic (exact) mass is 465 g/mol. The third kappa shape index (κ3) is 4.84. The average Bonchev–Trinajstić information content (AvgIpc) is 2.82. The van der Waals surface area contributed by atoms with Crippen molar-refractivity contribution in [2.24, 2.45) is 0 Å². The van der Waals surface area contributed by atoms with E-state index < -0.39 is 22.9 Å². The molecule has 9 heteroatoms. The lowest BCUT2D eigenvalue weighted by molar-refractivity contribution is -0.146. The molecule has 1 aromatic heterocycles. The molecule has 0 radical (unpaired) electrons. The Morgan fingerprint density at radius 1 is 1.03 bits per heavy atom. The van der Waals surface area contributed by atoms with Crippen molar-refractivity contribution in [3.05, 3.63) is 81.9 Å². The molecule has 0 spiro atoms. The number of carbonyl (C=O) groups is 2. The average molecular weight is 465 g/mol. The van der Waals surface area contributed by atoms with E-state index in [4.69, 9.17) is 5.11 Å². The Balaban J connectivity index is 1.85. The first-order valence-corrected chi connectivity index (χ1v) is 10.8. The van der Waals surface area contributed by atoms with E-state index in [2.05, 4.69) is 16.8 Å². The van der Waals surface area contributed by atoms with Crippen molar-refractivity contribution in [2.45, 2.75) is 6.54 Å². The van der Waals surface area contributed by atoms with E-state index in [9.17, 15) is 23.9 Å². The lowest BCUT2D eigenvalue weighted by atomic mass is 10.1. The molecule has 0 amide bonds. The van der Waals surface area contributed by atoms with Crippen LogP contribution < -0.4 is 10.3 Å². The van der Waals surface area contributed by atoms with Crippen LogP contribution in [0.3, 0.4) is 0 Å². The summed E-state index contributed by atoms with van der Waals surface area (Å²) in [5.41, 5.74) is 1.58. The van der Waals surface area contributed by atoms with Crippen LogP contribution >= 0.6 is 0 Å². The van der Waals surface area contributed by atoms with Gasteiger partial charge in [-0.05, 0) is 42.9 Å². The molecule has 0 atom stereocenters. The normalized spacial score (nSPS) is 15.0. The molecule has 0 saturated carbocycles. The van der Waals surface area contributed by atoms with Crippen molar-refractivity contribution in [3.8, 4) is 0 Å². The Morgan fingerprint density at radius 3 is 2.35 bits per heavy atom. The summed E-state index contributed by atoms with van der Waals surface area (Å²) in [4.78, 5) is 40.1. The molecule has 1 aliphatic heterocycles. The lowest BCUT2D eigenvalue weighted by Crippen LogP contribution is -2.44. The number of pyridine rings is 1. The molecule has 8 nitrogen and oxygen atoms in total. The van der Waals surface area contributed by atoms with Crippen LogP contribution in [0.25, 0.3) is 16.7 Å². The molecule has 1 saturated heterocycles. The van der Waals surface area contributed by atoms with Gasteiger partial charge in [0.1, 0.15) is 11.6 Å². The van der Waals surface area contributed by atoms with Crippen molar-refractivity contribution < 1.29 is 24.2 Å². The minimum Gasteiger partial charge on any atom is -0.507 e. The molecule has 2 N–H and O–H groups in total. The largest absolute Gasteiger partial charge is 0.507 e. The number of anilines is 1. The second-order valence-electron chi connectivity index (χ2n) is 8.32. The minimum absolute atomic E-state index is 0.198. The Labute approximate surface area is 194 Å². The van der Waals surface area contributed by atoms with Gasteiger partial charge in [0.15, 0.2) is 5.43 Å². The zero-order valence-corrected chi connectivity index (χ0v) is 18.6. The molecule has 1 fully saturated rings. The summed E-state index contributed by atoms with van der Waals surface area (Å²) >= 11 is 0. The number of carbonyl (C=O) groups excluding carboxylic acids is 1. The van der Waals surface area contributed by atoms with Crippen molar-refractivity contribution in [3.63, 3.8) is 0 Å². The summed E-state index contributed by atoms with van der Waals surface area (Å²) in [5.74, 6) is -4.18. The third-order valence-corrected chi connectivity index (χ3v) is 5.95. The van der Waals surface area contributed by atoms with Crippen LogP contribution in [0.15, 0.2) is 59.5 Å². The van der Waals surface area contributed by atoms with Gasteiger partial charge in [-0.25, -0.2) is 9.18 Å². The number of aliphatic hydroxyl groups excluding tert-OH is 1. The number of aromatic nitrogens is 1. The highest BCUT2D eigenvalue weighted by Crippen LogP contribution is 2.24. The first-order valence-electron chi connectivity index (χ1n) is 10.8. The van der Waals surface area contributed by atoms with Crippen molar-refractivity contribution in [1.29, 1.82) is 0 Å². The Hall–Kier alpha value is -3.98. The first kappa shape index (κ1) is 23.2. The van der Waals surface area contributed by atoms with Gasteiger partial charge in [0.05, 0.1) is 11.1 Å². The summed E-state index contributed by atoms with van der Waals surface area (Å²) in [6.07, 6.45) is 1.91. The summed E-state index contributed by atoms with van der Waals surface area (Å²) in [5, 5.41) is 19.5. The van der Waals surface area contributed by atoms with Gasteiger partial charge in [-0.3, -0.25) is 9.59 Å². The van der Waals surface area contributed by atoms with E-state index >= 15 is 0 Å². The number of carboxylic acids is 1. The lowest BCUT2D eigenvalue weighted by Gasteiger charge is -2.34. The maximum absolute atomic E-state index is 13.4. The van der Waals surface area contributed by atoms with Crippen LogP contribution in [0, 0.1) is 5.82 Å². The number of fused-ring (bicyclic) bond motifs is 1. The SMILES string of the molecule is CN1CCN(c2ccc3c(=O)c(/C(O)=C/C(=O)C(=O)O)cn(Cc4ccc(F)cc4)c3c2)CC1. The van der Waals surface area contributed by atoms with Gasteiger partial charge in [0.25, 0.3) is 5.78 Å². The minimum atomic E-state index is -1.74. The zero-order valence-electron chi connectivity index (χ0n) is 18.6. The second kappa shape index (κ2) is 9.48. The van der Waals surface area contributed by atoms with Gasteiger partial charge in [-0.1, -0.05) is 12.1 Å². The van der Waals surface area contributed by atoms with Crippen LogP contribution in [0.5, 0.6) is 0 Å². The zero-order chi connectivity index (χ0) is 24.4. The molecule has 1 aliphatic rings. The van der Waals surface area contributed by atoms with Crippen molar-refractivity contribution >= 4 is 34.1 Å². The van der Waals surface area contributed by atoms with Crippen LogP contribution in [-0.4, -0.2) is 64.7 Å². The number of hydrogen-bond donors (Lipinski definition) is 2. The van der Waals surface area contributed by atoms with Crippen LogP contribution in [-0.2, 0) is 16.1 Å². The number of rotatable bonds is 6. The fourth-order valence-electron chi connectivity index (χ4n) is 4.00. The van der Waals surface area contributed by atoms with E-state index in [0.29, 0.717) is 17.0 Å². The molecule has 2 heterocycles. The number of hydrogen-bond acceptors (Lipinski definition) is 6. The maximum atomic E-state index is 13.4. The number of nitrogens with zero attached hydrogens (tertiary/aromatic N) is 3. The summed E-state index contributed by atoms with van der Waals surface area (Å²) in [7, 11) is 2.06. The number of ketones is 1. The molecule has 2 aromatic carbocycles. The maximum Gasteiger partial charge on any atom is 0.376 e. The molecule has 34 heavy (non-hydrogen) atoms. The quantitative estimate of drug-likeness (QED) is 0.328. The van der Waals surface area contributed by atoms with Crippen molar-refractivity contribution in [1.82, 2.24) is 9.47 Å². The molecule has 0 unspecified atom stereocenters. The molecule has 0 aliphatic carbocycles. The van der Waals surface area contributed by atoms with E-state index in [1.54, 1.807) is 22.8 Å². The predicted octanol–water partition coefficient (Wildman–Crippen LogP) is 2.49. The summed E-state index contributed by atoms with van der Waals surface area (Å²) in [6.45, 7) is 3.76. The van der Waals surface area contributed by atoms with Gasteiger partial charge < -0.3 is 24.6 Å². The molecular formula is C25H24FN3O5. The second-order valence-corrected chi connectivity index (χ2v) is 8.32. The number of aliphatic carboxylic acids is 1. The standard InChI is InChI=1S/C25H24FN3O5/c1-27-8-10-28(11-9-27)18-6-7-19-21(12-18)29(14-16-2-4-17(26)5-3-16)15-20(24(19)32)22(30)13-23(31)25(33)34/h2-7,12-13,15,30H,8-11,14H2,1H3,(H,33,34)/b22-13-. The molecule has 3 aromatic rings. The van der Waals surface area contributed by atoms with Gasteiger partial charge in [-0.2, -0.15) is 0 Å². The summed E-state index contributed by atoms with van der Waals surface area (Å²) in [6, 6.07) is 11.3. The Morgan fingerprint density at radius 2 is 1.71 bits per heavy atom. The van der Waals surface area contributed by atoms with Crippen LogP contribution in [0.4, 0.5) is 10.1 Å².